The fraction of sp³-hybridized carbons (Fsp3) is 0.312. The first-order valence-electron chi connectivity index (χ1n) is 7.53. The number of likely N-dealkylation sites (N-methyl/N-ethyl adjacent to an activating group) is 1. The number of benzene rings is 1. The number of carbonyl (C=O) groups excluding carboxylic acids is 1. The Bertz CT molecular complexity index is 851. The maximum Gasteiger partial charge on any atom is 0.330 e. The lowest BCUT2D eigenvalue weighted by Gasteiger charge is -2.21. The molecule has 0 atom stereocenters. The lowest BCUT2D eigenvalue weighted by atomic mass is 10.2. The van der Waals surface area contributed by atoms with Crippen molar-refractivity contribution in [1.82, 2.24) is 9.55 Å². The maximum atomic E-state index is 12.2. The Balaban J connectivity index is 2.19. The molecular formula is C16H21N5O3. The van der Waals surface area contributed by atoms with Gasteiger partial charge in [-0.1, -0.05) is 17.7 Å². The average Bonchev–Trinajstić information content (AvgIpc) is 2.49. The fourth-order valence-electron chi connectivity index (χ4n) is 2.39. The molecule has 8 heteroatoms. The van der Waals surface area contributed by atoms with Gasteiger partial charge in [0, 0.05) is 19.3 Å². The van der Waals surface area contributed by atoms with Crippen LogP contribution in [0.15, 0.2) is 33.9 Å². The number of aryl methyl sites for hydroxylation is 1. The third-order valence-corrected chi connectivity index (χ3v) is 3.63. The minimum absolute atomic E-state index is 0.0388. The van der Waals surface area contributed by atoms with Crippen LogP contribution in [-0.2, 0) is 11.3 Å². The maximum absolute atomic E-state index is 12.2. The van der Waals surface area contributed by atoms with Gasteiger partial charge >= 0.3 is 5.69 Å². The molecule has 1 aromatic heterocycles. The topological polar surface area (TPSA) is 113 Å². The highest BCUT2D eigenvalue weighted by atomic mass is 16.2. The largest absolute Gasteiger partial charge is 0.383 e. The van der Waals surface area contributed by atoms with Gasteiger partial charge in [-0.05, 0) is 26.0 Å². The summed E-state index contributed by atoms with van der Waals surface area (Å²) in [6.45, 7) is 3.93. The first-order chi connectivity index (χ1) is 11.3. The number of anilines is 3. The molecule has 1 heterocycles. The van der Waals surface area contributed by atoms with Crippen LogP contribution < -0.4 is 27.2 Å². The van der Waals surface area contributed by atoms with Crippen LogP contribution in [0.2, 0.25) is 0 Å². The Morgan fingerprint density at radius 2 is 1.92 bits per heavy atom. The van der Waals surface area contributed by atoms with Crippen LogP contribution in [0.4, 0.5) is 17.2 Å². The van der Waals surface area contributed by atoms with Gasteiger partial charge in [0.25, 0.3) is 5.56 Å². The highest BCUT2D eigenvalue weighted by molar-refractivity contribution is 5.94. The summed E-state index contributed by atoms with van der Waals surface area (Å²) in [5.41, 5.74) is 6.57. The summed E-state index contributed by atoms with van der Waals surface area (Å²) in [7, 11) is 1.57. The highest BCUT2D eigenvalue weighted by Crippen LogP contribution is 2.15. The Hall–Kier alpha value is -3.03. The van der Waals surface area contributed by atoms with Crippen LogP contribution in [0.25, 0.3) is 0 Å². The number of aromatic nitrogens is 2. The zero-order chi connectivity index (χ0) is 17.9. The number of amides is 1. The van der Waals surface area contributed by atoms with E-state index >= 15 is 0 Å². The summed E-state index contributed by atoms with van der Waals surface area (Å²) in [5, 5.41) is 2.75. The molecule has 1 aromatic carbocycles. The first-order valence-corrected chi connectivity index (χ1v) is 7.53. The van der Waals surface area contributed by atoms with Crippen LogP contribution in [-0.4, -0.2) is 29.1 Å². The summed E-state index contributed by atoms with van der Waals surface area (Å²) in [4.78, 5) is 39.5. The van der Waals surface area contributed by atoms with Crippen molar-refractivity contribution >= 4 is 23.1 Å². The Kier molecular flexibility index (Phi) is 5.08. The molecule has 24 heavy (non-hydrogen) atoms. The second kappa shape index (κ2) is 7.03. The van der Waals surface area contributed by atoms with Gasteiger partial charge in [0.15, 0.2) is 0 Å². The Morgan fingerprint density at radius 3 is 2.50 bits per heavy atom. The third kappa shape index (κ3) is 3.65. The van der Waals surface area contributed by atoms with Gasteiger partial charge in [-0.3, -0.25) is 19.1 Å². The first kappa shape index (κ1) is 17.3. The van der Waals surface area contributed by atoms with Gasteiger partial charge in [-0.15, -0.1) is 0 Å². The molecule has 4 N–H and O–H groups in total. The Labute approximate surface area is 138 Å². The molecule has 128 valence electrons. The molecule has 8 nitrogen and oxygen atoms in total. The van der Waals surface area contributed by atoms with Gasteiger partial charge in [0.05, 0.1) is 6.54 Å². The predicted octanol–water partition coefficient (Wildman–Crippen LogP) is 0.522. The number of nitrogen functional groups attached to an aromatic ring is 1. The molecule has 0 aliphatic heterocycles. The molecule has 0 saturated heterocycles. The SMILES string of the molecule is CCn1c(N)c(N(C)CC(=O)Nc2ccc(C)cc2)c(=O)[nH]c1=O. The molecule has 0 spiro atoms. The minimum Gasteiger partial charge on any atom is -0.383 e. The Morgan fingerprint density at radius 1 is 1.29 bits per heavy atom. The zero-order valence-corrected chi connectivity index (χ0v) is 13.9. The molecule has 2 rings (SSSR count). The molecule has 0 radical (unpaired) electrons. The second-order valence-corrected chi connectivity index (χ2v) is 5.51. The van der Waals surface area contributed by atoms with E-state index in [-0.39, 0.29) is 24.0 Å². The van der Waals surface area contributed by atoms with Crippen LogP contribution in [0.1, 0.15) is 12.5 Å². The van der Waals surface area contributed by atoms with Gasteiger partial charge in [-0.2, -0.15) is 0 Å². The average molecular weight is 331 g/mol. The normalized spacial score (nSPS) is 10.5. The smallest absolute Gasteiger partial charge is 0.330 e. The lowest BCUT2D eigenvalue weighted by molar-refractivity contribution is -0.114. The number of nitrogens with two attached hydrogens (primary N) is 1. The van der Waals surface area contributed by atoms with Gasteiger partial charge < -0.3 is 16.0 Å². The molecule has 0 bridgehead atoms. The lowest BCUT2D eigenvalue weighted by Crippen LogP contribution is -2.39. The van der Waals surface area contributed by atoms with Crippen LogP contribution in [0.3, 0.4) is 0 Å². The van der Waals surface area contributed by atoms with Crippen molar-refractivity contribution in [1.29, 1.82) is 0 Å². The number of rotatable bonds is 5. The summed E-state index contributed by atoms with van der Waals surface area (Å²) in [5.74, 6) is -0.258. The molecular weight excluding hydrogens is 310 g/mol. The van der Waals surface area contributed by atoms with E-state index < -0.39 is 11.2 Å². The summed E-state index contributed by atoms with van der Waals surface area (Å²) >= 11 is 0. The van der Waals surface area contributed by atoms with Crippen molar-refractivity contribution in [3.05, 3.63) is 50.7 Å². The number of aromatic amines is 1. The monoisotopic (exact) mass is 331 g/mol. The van der Waals surface area contributed by atoms with E-state index in [4.69, 9.17) is 5.73 Å². The van der Waals surface area contributed by atoms with E-state index in [0.717, 1.165) is 5.56 Å². The van der Waals surface area contributed by atoms with Gasteiger partial charge in [0.2, 0.25) is 5.91 Å². The number of nitrogens with one attached hydrogen (secondary N) is 2. The van der Waals surface area contributed by atoms with E-state index in [1.54, 1.807) is 26.1 Å². The third-order valence-electron chi connectivity index (χ3n) is 3.63. The number of nitrogens with zero attached hydrogens (tertiary/aromatic N) is 2. The second-order valence-electron chi connectivity index (χ2n) is 5.51. The van der Waals surface area contributed by atoms with Crippen molar-refractivity contribution in [2.75, 3.05) is 29.5 Å². The van der Waals surface area contributed by atoms with Gasteiger partial charge in [0.1, 0.15) is 11.5 Å². The molecule has 0 saturated carbocycles. The molecule has 2 aromatic rings. The van der Waals surface area contributed by atoms with Crippen molar-refractivity contribution in [3.63, 3.8) is 0 Å². The molecule has 0 unspecified atom stereocenters. The van der Waals surface area contributed by atoms with Crippen molar-refractivity contribution in [2.45, 2.75) is 20.4 Å². The van der Waals surface area contributed by atoms with Crippen LogP contribution in [0, 0.1) is 6.92 Å². The van der Waals surface area contributed by atoms with E-state index in [1.165, 1.54) is 9.47 Å². The minimum atomic E-state index is -0.618. The number of hydrogen-bond acceptors (Lipinski definition) is 5. The van der Waals surface area contributed by atoms with Crippen molar-refractivity contribution < 1.29 is 4.79 Å². The van der Waals surface area contributed by atoms with Crippen LogP contribution >= 0.6 is 0 Å². The highest BCUT2D eigenvalue weighted by Gasteiger charge is 2.17. The van der Waals surface area contributed by atoms with E-state index in [9.17, 15) is 14.4 Å². The van der Waals surface area contributed by atoms with Crippen molar-refractivity contribution in [3.8, 4) is 0 Å². The summed E-state index contributed by atoms with van der Waals surface area (Å²) < 4.78 is 1.24. The van der Waals surface area contributed by atoms with E-state index in [0.29, 0.717) is 12.2 Å². The number of carbonyl (C=O) groups is 1. The van der Waals surface area contributed by atoms with Gasteiger partial charge in [-0.25, -0.2) is 4.79 Å². The zero-order valence-electron chi connectivity index (χ0n) is 13.9. The fourth-order valence-corrected chi connectivity index (χ4v) is 2.39. The summed E-state index contributed by atoms with van der Waals surface area (Å²) in [6.07, 6.45) is 0. The molecule has 1 amide bonds. The number of hydrogen-bond donors (Lipinski definition) is 3. The molecule has 0 aliphatic carbocycles. The molecule has 0 fully saturated rings. The van der Waals surface area contributed by atoms with Crippen LogP contribution in [0.5, 0.6) is 0 Å². The summed E-state index contributed by atoms with van der Waals surface area (Å²) in [6, 6.07) is 7.37. The number of H-pyrrole nitrogens is 1. The standard InChI is InChI=1S/C16H21N5O3/c1-4-21-14(17)13(15(23)19-16(21)24)20(3)9-12(22)18-11-7-5-10(2)6-8-11/h5-8H,4,9,17H2,1-3H3,(H,18,22)(H,19,23,24). The van der Waals surface area contributed by atoms with E-state index in [2.05, 4.69) is 10.3 Å². The molecule has 0 aliphatic rings. The van der Waals surface area contributed by atoms with Crippen molar-refractivity contribution in [2.24, 2.45) is 0 Å². The van der Waals surface area contributed by atoms with E-state index in [1.807, 2.05) is 19.1 Å². The quantitative estimate of drug-likeness (QED) is 0.739. The predicted molar refractivity (Wildman–Crippen MR) is 94.5 cm³/mol.